The number of hydrogen-bond acceptors (Lipinski definition) is 4. The van der Waals surface area contributed by atoms with Gasteiger partial charge in [0, 0.05) is 0 Å². The summed E-state index contributed by atoms with van der Waals surface area (Å²) >= 11 is 0. The molecule has 98 valence electrons. The molecular formula is C13H16O5. The van der Waals surface area contributed by atoms with Crippen molar-refractivity contribution in [2.45, 2.75) is 25.9 Å². The van der Waals surface area contributed by atoms with Crippen LogP contribution < -0.4 is 9.47 Å². The van der Waals surface area contributed by atoms with Gasteiger partial charge < -0.3 is 19.7 Å². The zero-order valence-electron chi connectivity index (χ0n) is 10.3. The van der Waals surface area contributed by atoms with Crippen molar-refractivity contribution in [2.24, 2.45) is 5.92 Å². The Kier molecular flexibility index (Phi) is 3.43. The van der Waals surface area contributed by atoms with E-state index in [1.807, 2.05) is 0 Å². The number of carbonyl (C=O) groups is 1. The lowest BCUT2D eigenvalue weighted by molar-refractivity contribution is -0.142. The Morgan fingerprint density at radius 2 is 1.94 bits per heavy atom. The highest BCUT2D eigenvalue weighted by Crippen LogP contribution is 2.36. The zero-order chi connectivity index (χ0) is 13.3. The molecule has 18 heavy (non-hydrogen) atoms. The number of fused-ring (bicyclic) bond motifs is 1. The van der Waals surface area contributed by atoms with Crippen molar-refractivity contribution in [3.8, 4) is 11.5 Å². The highest BCUT2D eigenvalue weighted by Gasteiger charge is 2.31. The number of aliphatic carboxylic acids is 1. The molecule has 1 aliphatic rings. The van der Waals surface area contributed by atoms with Gasteiger partial charge in [0.15, 0.2) is 11.5 Å². The van der Waals surface area contributed by atoms with Gasteiger partial charge in [-0.2, -0.15) is 0 Å². The molecule has 0 fully saturated rings. The summed E-state index contributed by atoms with van der Waals surface area (Å²) in [5.74, 6) is -1.03. The lowest BCUT2D eigenvalue weighted by Crippen LogP contribution is -2.30. The highest BCUT2D eigenvalue weighted by molar-refractivity contribution is 5.77. The molecule has 0 amide bonds. The van der Waals surface area contributed by atoms with Crippen LogP contribution in [0, 0.1) is 5.92 Å². The molecule has 0 aliphatic carbocycles. The molecular weight excluding hydrogens is 236 g/mol. The predicted molar refractivity (Wildman–Crippen MR) is 63.8 cm³/mol. The van der Waals surface area contributed by atoms with Crippen molar-refractivity contribution < 1.29 is 24.5 Å². The standard InChI is InChI=1S/C13H16O5/c1-7(2)12(14)11(13(15)16)8-3-4-9-10(5-8)18-6-17-9/h3-5,7,11-12,14H,6H2,1-2H3,(H,15,16). The second-order valence-electron chi connectivity index (χ2n) is 4.66. The average molecular weight is 252 g/mol. The van der Waals surface area contributed by atoms with E-state index in [2.05, 4.69) is 0 Å². The lowest BCUT2D eigenvalue weighted by atomic mass is 9.87. The number of carboxylic acids is 1. The maximum Gasteiger partial charge on any atom is 0.313 e. The van der Waals surface area contributed by atoms with Gasteiger partial charge >= 0.3 is 5.97 Å². The first kappa shape index (κ1) is 12.7. The molecule has 5 heteroatoms. The van der Waals surface area contributed by atoms with Crippen LogP contribution in [0.1, 0.15) is 25.3 Å². The first-order valence-electron chi connectivity index (χ1n) is 5.81. The van der Waals surface area contributed by atoms with Crippen LogP contribution in [0.5, 0.6) is 11.5 Å². The van der Waals surface area contributed by atoms with Crippen LogP contribution in [0.15, 0.2) is 18.2 Å². The molecule has 0 aromatic heterocycles. The van der Waals surface area contributed by atoms with Crippen molar-refractivity contribution in [1.82, 2.24) is 0 Å². The third-order valence-electron chi connectivity index (χ3n) is 3.05. The Hall–Kier alpha value is -1.75. The largest absolute Gasteiger partial charge is 0.481 e. The van der Waals surface area contributed by atoms with Crippen LogP contribution in [0.4, 0.5) is 0 Å². The lowest BCUT2D eigenvalue weighted by Gasteiger charge is -2.22. The maximum atomic E-state index is 11.3. The fraction of sp³-hybridized carbons (Fsp3) is 0.462. The summed E-state index contributed by atoms with van der Waals surface area (Å²) in [6, 6.07) is 4.94. The normalized spacial score (nSPS) is 16.7. The first-order chi connectivity index (χ1) is 8.50. The summed E-state index contributed by atoms with van der Waals surface area (Å²) in [7, 11) is 0. The SMILES string of the molecule is CC(C)C(O)C(C(=O)O)c1ccc2c(c1)OCO2. The summed E-state index contributed by atoms with van der Waals surface area (Å²) in [4.78, 5) is 11.3. The Labute approximate surface area is 105 Å². The van der Waals surface area contributed by atoms with Crippen LogP contribution in [-0.2, 0) is 4.79 Å². The van der Waals surface area contributed by atoms with Crippen molar-refractivity contribution in [3.63, 3.8) is 0 Å². The number of aliphatic hydroxyl groups is 1. The third kappa shape index (κ3) is 2.26. The molecule has 0 radical (unpaired) electrons. The van der Waals surface area contributed by atoms with Gasteiger partial charge in [0.25, 0.3) is 0 Å². The second kappa shape index (κ2) is 4.86. The quantitative estimate of drug-likeness (QED) is 0.851. The van der Waals surface area contributed by atoms with E-state index in [9.17, 15) is 15.0 Å². The van der Waals surface area contributed by atoms with E-state index in [1.54, 1.807) is 32.0 Å². The number of carboxylic acid groups (broad SMARTS) is 1. The van der Waals surface area contributed by atoms with Crippen LogP contribution in [-0.4, -0.2) is 29.1 Å². The van der Waals surface area contributed by atoms with Gasteiger partial charge in [-0.1, -0.05) is 19.9 Å². The average Bonchev–Trinajstić information content (AvgIpc) is 2.75. The molecule has 2 rings (SSSR count). The van der Waals surface area contributed by atoms with Gasteiger partial charge in [0.05, 0.1) is 6.10 Å². The summed E-state index contributed by atoms with van der Waals surface area (Å²) < 4.78 is 10.4. The van der Waals surface area contributed by atoms with Gasteiger partial charge in [0.1, 0.15) is 5.92 Å². The highest BCUT2D eigenvalue weighted by atomic mass is 16.7. The monoisotopic (exact) mass is 252 g/mol. The topological polar surface area (TPSA) is 76.0 Å². The van der Waals surface area contributed by atoms with Gasteiger partial charge in [-0.3, -0.25) is 4.79 Å². The molecule has 1 aromatic rings. The van der Waals surface area contributed by atoms with Gasteiger partial charge in [0.2, 0.25) is 6.79 Å². The molecule has 1 aromatic carbocycles. The summed E-state index contributed by atoms with van der Waals surface area (Å²) in [5, 5.41) is 19.3. The summed E-state index contributed by atoms with van der Waals surface area (Å²) in [5.41, 5.74) is 0.521. The van der Waals surface area contributed by atoms with E-state index in [0.29, 0.717) is 17.1 Å². The zero-order valence-corrected chi connectivity index (χ0v) is 10.3. The number of hydrogen-bond donors (Lipinski definition) is 2. The summed E-state index contributed by atoms with van der Waals surface area (Å²) in [6.45, 7) is 3.71. The molecule has 5 nitrogen and oxygen atoms in total. The minimum absolute atomic E-state index is 0.142. The third-order valence-corrected chi connectivity index (χ3v) is 3.05. The van der Waals surface area contributed by atoms with Crippen LogP contribution >= 0.6 is 0 Å². The fourth-order valence-corrected chi connectivity index (χ4v) is 1.98. The molecule has 1 aliphatic heterocycles. The van der Waals surface area contributed by atoms with E-state index < -0.39 is 18.0 Å². The van der Waals surface area contributed by atoms with Crippen molar-refractivity contribution in [2.75, 3.05) is 6.79 Å². The van der Waals surface area contributed by atoms with E-state index in [1.165, 1.54) is 0 Å². The van der Waals surface area contributed by atoms with E-state index in [4.69, 9.17) is 9.47 Å². The predicted octanol–water partition coefficient (Wildman–Crippen LogP) is 1.60. The van der Waals surface area contributed by atoms with Crippen molar-refractivity contribution in [3.05, 3.63) is 23.8 Å². The van der Waals surface area contributed by atoms with Gasteiger partial charge in [-0.05, 0) is 23.6 Å². The molecule has 0 bridgehead atoms. The number of rotatable bonds is 4. The number of aliphatic hydroxyl groups excluding tert-OH is 1. The Bertz CT molecular complexity index is 455. The smallest absolute Gasteiger partial charge is 0.313 e. The Morgan fingerprint density at radius 3 is 2.56 bits per heavy atom. The Morgan fingerprint density at radius 1 is 1.28 bits per heavy atom. The second-order valence-corrected chi connectivity index (χ2v) is 4.66. The van der Waals surface area contributed by atoms with Crippen molar-refractivity contribution >= 4 is 5.97 Å². The van der Waals surface area contributed by atoms with Gasteiger partial charge in [-0.25, -0.2) is 0 Å². The molecule has 0 spiro atoms. The van der Waals surface area contributed by atoms with Gasteiger partial charge in [-0.15, -0.1) is 0 Å². The first-order valence-corrected chi connectivity index (χ1v) is 5.81. The molecule has 2 atom stereocenters. The Balaban J connectivity index is 2.34. The van der Waals surface area contributed by atoms with E-state index in [-0.39, 0.29) is 12.7 Å². The van der Waals surface area contributed by atoms with E-state index in [0.717, 1.165) is 0 Å². The van der Waals surface area contributed by atoms with Crippen LogP contribution in [0.2, 0.25) is 0 Å². The minimum Gasteiger partial charge on any atom is -0.481 e. The summed E-state index contributed by atoms with van der Waals surface area (Å²) in [6.07, 6.45) is -0.942. The van der Waals surface area contributed by atoms with Crippen molar-refractivity contribution in [1.29, 1.82) is 0 Å². The van der Waals surface area contributed by atoms with Crippen LogP contribution in [0.3, 0.4) is 0 Å². The van der Waals surface area contributed by atoms with E-state index >= 15 is 0 Å². The fourth-order valence-electron chi connectivity index (χ4n) is 1.98. The molecule has 2 unspecified atom stereocenters. The molecule has 0 saturated carbocycles. The van der Waals surface area contributed by atoms with Crippen LogP contribution in [0.25, 0.3) is 0 Å². The molecule has 0 saturated heterocycles. The minimum atomic E-state index is -1.05. The number of benzene rings is 1. The maximum absolute atomic E-state index is 11.3. The number of ether oxygens (including phenoxy) is 2. The molecule has 2 N–H and O–H groups in total. The molecule has 1 heterocycles.